The number of carbonyl (C=O) groups is 6. The number of ether oxygens (including phenoxy) is 3. The summed E-state index contributed by atoms with van der Waals surface area (Å²) < 4.78 is 165. The molecule has 0 aliphatic heterocycles. The van der Waals surface area contributed by atoms with E-state index in [0.29, 0.717) is 19.3 Å². The molecule has 0 radical (unpaired) electrons. The molecule has 3 atom stereocenters. The Morgan fingerprint density at radius 3 is 0.855 bits per heavy atom. The Kier molecular flexibility index (Phi) is 39.8. The van der Waals surface area contributed by atoms with Gasteiger partial charge in [0.15, 0.2) is 17.5 Å². The van der Waals surface area contributed by atoms with Crippen molar-refractivity contribution in [1.29, 1.82) is 0 Å². The van der Waals surface area contributed by atoms with Crippen molar-refractivity contribution in [3.63, 3.8) is 0 Å². The molecule has 0 fully saturated rings. The van der Waals surface area contributed by atoms with Gasteiger partial charge < -0.3 is 14.2 Å². The van der Waals surface area contributed by atoms with Crippen LogP contribution >= 0.6 is 0 Å². The summed E-state index contributed by atoms with van der Waals surface area (Å²) in [5, 5.41) is 0. The minimum absolute atomic E-state index is 0.0879. The quantitative estimate of drug-likeness (QED) is 0.0172. The maximum Gasteiger partial charge on any atom is 0.392 e. The lowest BCUT2D eigenvalue weighted by Gasteiger charge is -2.15. The second-order valence-electron chi connectivity index (χ2n) is 18.4. The summed E-state index contributed by atoms with van der Waals surface area (Å²) in [6, 6.07) is 0. The van der Waals surface area contributed by atoms with Crippen molar-refractivity contribution in [2.24, 2.45) is 0 Å². The lowest BCUT2D eigenvalue weighted by molar-refractivity contribution is -0.149. The smallest absolute Gasteiger partial charge is 0.392 e. The van der Waals surface area contributed by atoms with Crippen molar-refractivity contribution in [3.8, 4) is 0 Å². The predicted molar refractivity (Wildman–Crippen MR) is 295 cm³/mol. The highest BCUT2D eigenvalue weighted by atomic mass is 19.4. The topological polar surface area (TPSA) is 130 Å². The molecule has 3 unspecified atom stereocenters. The first-order valence-corrected chi connectivity index (χ1v) is 27.5. The Morgan fingerprint density at radius 1 is 0.422 bits per heavy atom. The highest BCUT2D eigenvalue weighted by Crippen LogP contribution is 2.27. The highest BCUT2D eigenvalue weighted by Gasteiger charge is 2.28. The molecule has 83 heavy (non-hydrogen) atoms. The fourth-order valence-corrected chi connectivity index (χ4v) is 7.26. The summed E-state index contributed by atoms with van der Waals surface area (Å²) in [6.45, 7) is 9.62. The Balaban J connectivity index is 0.00000120. The first-order chi connectivity index (χ1) is 39.2. The molecule has 0 aromatic carbocycles. The zero-order valence-electron chi connectivity index (χ0n) is 47.7. The van der Waals surface area contributed by atoms with E-state index in [1.165, 1.54) is 54.7 Å². The molecule has 0 aromatic heterocycles. The zero-order valence-corrected chi connectivity index (χ0v) is 47.7. The van der Waals surface area contributed by atoms with Crippen molar-refractivity contribution < 1.29 is 95.7 Å². The summed E-state index contributed by atoms with van der Waals surface area (Å²) in [5.74, 6) is -5.88. The van der Waals surface area contributed by atoms with E-state index in [4.69, 9.17) is 14.2 Å². The molecule has 0 bridgehead atoms. The molecular formula is C62H78F12O9. The van der Waals surface area contributed by atoms with Crippen molar-refractivity contribution in [2.75, 3.05) is 0 Å². The van der Waals surface area contributed by atoms with E-state index in [2.05, 4.69) is 0 Å². The molecule has 0 amide bonds. The molecule has 0 saturated heterocycles. The molecule has 3 aliphatic rings. The largest absolute Gasteiger partial charge is 0.462 e. The van der Waals surface area contributed by atoms with Gasteiger partial charge in [-0.3, -0.25) is 28.8 Å². The minimum atomic E-state index is -4.29. The van der Waals surface area contributed by atoms with Crippen molar-refractivity contribution in [3.05, 3.63) is 144 Å². The van der Waals surface area contributed by atoms with E-state index in [0.717, 1.165) is 37.5 Å². The van der Waals surface area contributed by atoms with Gasteiger partial charge in [0, 0.05) is 74.5 Å². The van der Waals surface area contributed by atoms with E-state index in [1.807, 2.05) is 71.1 Å². The number of hydrogen-bond donors (Lipinski definition) is 0. The summed E-state index contributed by atoms with van der Waals surface area (Å²) >= 11 is 0. The number of ketones is 3. The molecule has 0 aromatic rings. The van der Waals surface area contributed by atoms with Crippen molar-refractivity contribution in [2.45, 2.75) is 206 Å². The monoisotopic (exact) mass is 1190 g/mol. The van der Waals surface area contributed by atoms with Gasteiger partial charge in [0.05, 0.1) is 19.3 Å². The molecule has 0 saturated carbocycles. The standard InChI is InChI=1S/3C20H24F4O3.C2H6/c3*1-2-3-4-5-9-18(25)27-16(8-6-7-14-20(22,23)24)12-10-15-11-13-17(21)19(15)26;1-2/h3*2-3,6-7,10,13,16H,4-5,8-9,11-12,14H2,1H3;1-2H3/b3*3-2-,7-6-,15-10+;. The number of unbranched alkanes of at least 4 members (excludes halogenated alkanes) is 3. The molecule has 3 rings (SSSR count). The third-order valence-corrected chi connectivity index (χ3v) is 11.5. The fourth-order valence-electron chi connectivity index (χ4n) is 7.26. The Morgan fingerprint density at radius 2 is 0.663 bits per heavy atom. The fraction of sp³-hybridized carbons (Fsp3) is 0.516. The maximum absolute atomic E-state index is 13.1. The zero-order chi connectivity index (χ0) is 62.9. The number of carbonyl (C=O) groups excluding carboxylic acids is 6. The van der Waals surface area contributed by atoms with Gasteiger partial charge in [-0.1, -0.05) is 105 Å². The molecular weight excluding hydrogens is 1120 g/mol. The molecule has 0 heterocycles. The Hall–Kier alpha value is -6.54. The summed E-state index contributed by atoms with van der Waals surface area (Å²) in [4.78, 5) is 70.4. The number of esters is 3. The molecule has 464 valence electrons. The van der Waals surface area contributed by atoms with E-state index in [1.54, 1.807) is 0 Å². The van der Waals surface area contributed by atoms with E-state index in [9.17, 15) is 81.5 Å². The van der Waals surface area contributed by atoms with Crippen LogP contribution in [-0.4, -0.2) is 72.1 Å². The third-order valence-electron chi connectivity index (χ3n) is 11.5. The lowest BCUT2D eigenvalue weighted by atomic mass is 10.1. The van der Waals surface area contributed by atoms with Crippen LogP contribution in [0.3, 0.4) is 0 Å². The predicted octanol–water partition coefficient (Wildman–Crippen LogP) is 18.1. The Labute approximate surface area is 479 Å². The SMILES string of the molecule is C/C=C\CCCC(=O)OC(C/C=C\CC(F)(F)F)C/C=C1\CC=C(F)C1=O.C/C=C\CCCC(=O)OC(C/C=C\CC(F)(F)F)C/C=C1\CC=C(F)C1=O.C/C=C\CCCC(=O)OC(C/C=C\CC(F)(F)F)C/C=C1\CC=C(F)C1=O.CC. The van der Waals surface area contributed by atoms with E-state index in [-0.39, 0.29) is 93.8 Å². The van der Waals surface area contributed by atoms with Crippen LogP contribution in [0.1, 0.15) is 169 Å². The number of hydrogen-bond acceptors (Lipinski definition) is 9. The van der Waals surface area contributed by atoms with Crippen LogP contribution in [0, 0.1) is 0 Å². The molecule has 3 aliphatic carbocycles. The molecule has 0 spiro atoms. The van der Waals surface area contributed by atoms with Gasteiger partial charge in [0.1, 0.15) is 18.3 Å². The minimum Gasteiger partial charge on any atom is -0.462 e. The first kappa shape index (κ1) is 76.5. The first-order valence-electron chi connectivity index (χ1n) is 27.5. The van der Waals surface area contributed by atoms with Gasteiger partial charge in [-0.05, 0) is 96.8 Å². The molecule has 21 heteroatoms. The number of alkyl halides is 9. The van der Waals surface area contributed by atoms with Gasteiger partial charge in [-0.25, -0.2) is 13.2 Å². The van der Waals surface area contributed by atoms with Gasteiger partial charge in [0.25, 0.3) is 0 Å². The number of Topliss-reactive ketones (excluding diaryl/α,β-unsaturated/α-hetero) is 3. The average molecular weight is 1200 g/mol. The lowest BCUT2D eigenvalue weighted by Crippen LogP contribution is -2.17. The van der Waals surface area contributed by atoms with Crippen LogP contribution in [0.2, 0.25) is 0 Å². The summed E-state index contributed by atoms with van der Waals surface area (Å²) in [6.07, 6.45) is 13.7. The van der Waals surface area contributed by atoms with E-state index >= 15 is 0 Å². The number of halogens is 12. The van der Waals surface area contributed by atoms with Crippen molar-refractivity contribution >= 4 is 35.3 Å². The maximum atomic E-state index is 13.1. The van der Waals surface area contributed by atoms with Crippen LogP contribution < -0.4 is 0 Å². The van der Waals surface area contributed by atoms with Gasteiger partial charge in [-0.2, -0.15) is 39.5 Å². The normalized spacial score (nSPS) is 17.5. The number of rotatable bonds is 30. The average Bonchev–Trinajstić information content (AvgIpc) is 4.12. The van der Waals surface area contributed by atoms with Crippen LogP contribution in [0.5, 0.6) is 0 Å². The van der Waals surface area contributed by atoms with Crippen LogP contribution in [0.25, 0.3) is 0 Å². The van der Waals surface area contributed by atoms with Gasteiger partial charge >= 0.3 is 36.4 Å². The summed E-state index contributed by atoms with van der Waals surface area (Å²) in [5.41, 5.74) is 0.794. The van der Waals surface area contributed by atoms with Crippen LogP contribution in [-0.2, 0) is 43.0 Å². The van der Waals surface area contributed by atoms with Crippen molar-refractivity contribution in [1.82, 2.24) is 0 Å². The van der Waals surface area contributed by atoms with Gasteiger partial charge in [-0.15, -0.1) is 0 Å². The summed E-state index contributed by atoms with van der Waals surface area (Å²) in [7, 11) is 0. The number of allylic oxidation sites excluding steroid dienone is 18. The van der Waals surface area contributed by atoms with E-state index < -0.39 is 109 Å². The third kappa shape index (κ3) is 39.6. The van der Waals surface area contributed by atoms with Crippen LogP contribution in [0.4, 0.5) is 52.7 Å². The second-order valence-corrected chi connectivity index (χ2v) is 18.4. The highest BCUT2D eigenvalue weighted by molar-refractivity contribution is 6.10. The second kappa shape index (κ2) is 43.2. The molecule has 0 N–H and O–H groups in total. The van der Waals surface area contributed by atoms with Gasteiger partial charge in [0.2, 0.25) is 17.3 Å². The Bertz CT molecular complexity index is 2150. The molecule has 9 nitrogen and oxygen atoms in total. The van der Waals surface area contributed by atoms with Crippen LogP contribution in [0.15, 0.2) is 144 Å².